The van der Waals surface area contributed by atoms with Gasteiger partial charge in [0, 0.05) is 30.3 Å². The maximum Gasteiger partial charge on any atom is 0.265 e. The first-order chi connectivity index (χ1) is 14.0. The Hall–Kier alpha value is -2.05. The van der Waals surface area contributed by atoms with E-state index in [9.17, 15) is 9.59 Å². The van der Waals surface area contributed by atoms with Crippen LogP contribution in [-0.2, 0) is 0 Å². The Kier molecular flexibility index (Phi) is 6.11. The van der Waals surface area contributed by atoms with Gasteiger partial charge < -0.3 is 9.80 Å². The Bertz CT molecular complexity index is 876. The molecule has 6 heteroatoms. The second-order valence-corrected chi connectivity index (χ2v) is 9.19. The Morgan fingerprint density at radius 2 is 1.66 bits per heavy atom. The van der Waals surface area contributed by atoms with Gasteiger partial charge in [0.15, 0.2) is 5.78 Å². The minimum absolute atomic E-state index is 0.0516. The van der Waals surface area contributed by atoms with E-state index in [0.717, 1.165) is 47.1 Å². The van der Waals surface area contributed by atoms with Crippen molar-refractivity contribution < 1.29 is 9.59 Å². The number of amides is 1. The molecule has 0 bridgehead atoms. The molecule has 29 heavy (non-hydrogen) atoms. The minimum atomic E-state index is 0.0516. The van der Waals surface area contributed by atoms with E-state index >= 15 is 0 Å². The normalized spacial score (nSPS) is 18.8. The summed E-state index contributed by atoms with van der Waals surface area (Å²) in [6.45, 7) is 7.59. The van der Waals surface area contributed by atoms with E-state index in [1.54, 1.807) is 6.92 Å². The van der Waals surface area contributed by atoms with Gasteiger partial charge in [0.1, 0.15) is 9.88 Å². The number of nitrogens with zero attached hydrogens (tertiary/aromatic N) is 3. The monoisotopic (exact) mass is 411 g/mol. The molecule has 0 spiro atoms. The molecule has 1 aromatic carbocycles. The second kappa shape index (κ2) is 8.76. The molecule has 2 aliphatic heterocycles. The summed E-state index contributed by atoms with van der Waals surface area (Å²) < 4.78 is 0. The molecule has 0 aliphatic carbocycles. The third-order valence-corrected chi connectivity index (χ3v) is 7.38. The lowest BCUT2D eigenvalue weighted by atomic mass is 10.00. The number of piperidine rings is 2. The minimum Gasteiger partial charge on any atom is -0.338 e. The summed E-state index contributed by atoms with van der Waals surface area (Å²) in [6.07, 6.45) is 6.13. The fourth-order valence-electron chi connectivity index (χ4n) is 4.43. The van der Waals surface area contributed by atoms with Crippen molar-refractivity contribution in [3.8, 4) is 10.6 Å². The molecule has 5 nitrogen and oxygen atoms in total. The Balaban J connectivity index is 1.42. The van der Waals surface area contributed by atoms with Crippen LogP contribution in [0.15, 0.2) is 24.3 Å². The van der Waals surface area contributed by atoms with Gasteiger partial charge in [-0.05, 0) is 52.6 Å². The van der Waals surface area contributed by atoms with Crippen LogP contribution in [0, 0.1) is 6.92 Å². The molecule has 4 rings (SSSR count). The zero-order chi connectivity index (χ0) is 20.4. The van der Waals surface area contributed by atoms with E-state index < -0.39 is 0 Å². The van der Waals surface area contributed by atoms with Crippen LogP contribution >= 0.6 is 11.3 Å². The van der Waals surface area contributed by atoms with Gasteiger partial charge in [0.25, 0.3) is 5.91 Å². The van der Waals surface area contributed by atoms with Crippen LogP contribution in [0.1, 0.15) is 64.8 Å². The lowest BCUT2D eigenvalue weighted by Gasteiger charge is -2.40. The van der Waals surface area contributed by atoms with Crippen molar-refractivity contribution >= 4 is 23.0 Å². The Morgan fingerprint density at radius 1 is 1.00 bits per heavy atom. The highest BCUT2D eigenvalue weighted by Crippen LogP contribution is 2.30. The number of thiazole rings is 1. The number of carbonyl (C=O) groups excluding carboxylic acids is 2. The number of ketones is 1. The number of hydrogen-bond acceptors (Lipinski definition) is 5. The van der Waals surface area contributed by atoms with Crippen LogP contribution in [0.5, 0.6) is 0 Å². The number of carbonyl (C=O) groups is 2. The molecule has 1 aromatic heterocycles. The lowest BCUT2D eigenvalue weighted by Crippen LogP contribution is -2.48. The highest BCUT2D eigenvalue weighted by atomic mass is 32.1. The molecule has 2 fully saturated rings. The molecular weight excluding hydrogens is 382 g/mol. The number of benzene rings is 1. The van der Waals surface area contributed by atoms with Crippen molar-refractivity contribution in [2.75, 3.05) is 26.2 Å². The van der Waals surface area contributed by atoms with Gasteiger partial charge in [-0.1, -0.05) is 30.7 Å². The van der Waals surface area contributed by atoms with E-state index in [0.29, 0.717) is 11.6 Å². The fourth-order valence-corrected chi connectivity index (χ4v) is 5.47. The van der Waals surface area contributed by atoms with Gasteiger partial charge >= 0.3 is 0 Å². The highest BCUT2D eigenvalue weighted by Gasteiger charge is 2.29. The first-order valence-electron chi connectivity index (χ1n) is 10.6. The predicted molar refractivity (Wildman–Crippen MR) is 117 cm³/mol. The van der Waals surface area contributed by atoms with Crippen LogP contribution in [0.4, 0.5) is 0 Å². The third kappa shape index (κ3) is 4.43. The van der Waals surface area contributed by atoms with E-state index in [2.05, 4.69) is 9.88 Å². The quantitative estimate of drug-likeness (QED) is 0.699. The molecule has 0 atom stereocenters. The van der Waals surface area contributed by atoms with Crippen LogP contribution in [0.3, 0.4) is 0 Å². The van der Waals surface area contributed by atoms with E-state index in [1.165, 1.54) is 43.7 Å². The van der Waals surface area contributed by atoms with E-state index in [1.807, 2.05) is 36.1 Å². The lowest BCUT2D eigenvalue weighted by molar-refractivity contribution is 0.0593. The van der Waals surface area contributed by atoms with Crippen molar-refractivity contribution in [2.24, 2.45) is 0 Å². The largest absolute Gasteiger partial charge is 0.338 e. The van der Waals surface area contributed by atoms with Crippen molar-refractivity contribution in [2.45, 2.75) is 52.0 Å². The zero-order valence-electron chi connectivity index (χ0n) is 17.3. The van der Waals surface area contributed by atoms with Crippen LogP contribution in [-0.4, -0.2) is 58.7 Å². The number of likely N-dealkylation sites (tertiary alicyclic amines) is 2. The SMILES string of the molecule is CC(=O)c1ccc(-c2nc(C)c(C(=O)N3CCC(N4CCCCC4)CC3)s2)cc1. The summed E-state index contributed by atoms with van der Waals surface area (Å²) in [4.78, 5) is 34.6. The summed E-state index contributed by atoms with van der Waals surface area (Å²) in [5, 5.41) is 0.837. The van der Waals surface area contributed by atoms with Crippen molar-refractivity contribution in [1.29, 1.82) is 0 Å². The Morgan fingerprint density at radius 3 is 2.28 bits per heavy atom. The molecule has 1 amide bonds. The molecule has 2 aliphatic rings. The summed E-state index contributed by atoms with van der Waals surface area (Å²) in [6, 6.07) is 8.10. The molecule has 154 valence electrons. The zero-order valence-corrected chi connectivity index (χ0v) is 18.1. The van der Waals surface area contributed by atoms with Crippen molar-refractivity contribution in [1.82, 2.24) is 14.8 Å². The number of aromatic nitrogens is 1. The van der Waals surface area contributed by atoms with Crippen molar-refractivity contribution in [3.05, 3.63) is 40.4 Å². The molecule has 0 unspecified atom stereocenters. The van der Waals surface area contributed by atoms with Gasteiger partial charge in [-0.2, -0.15) is 0 Å². The van der Waals surface area contributed by atoms with E-state index in [4.69, 9.17) is 0 Å². The van der Waals surface area contributed by atoms with Gasteiger partial charge in [-0.15, -0.1) is 11.3 Å². The number of Topliss-reactive ketones (excluding diaryl/α,β-unsaturated/α-hetero) is 1. The van der Waals surface area contributed by atoms with Gasteiger partial charge in [0.2, 0.25) is 0 Å². The van der Waals surface area contributed by atoms with Crippen molar-refractivity contribution in [3.63, 3.8) is 0 Å². The van der Waals surface area contributed by atoms with E-state index in [-0.39, 0.29) is 11.7 Å². The second-order valence-electron chi connectivity index (χ2n) is 8.19. The molecular formula is C23H29N3O2S. The third-order valence-electron chi connectivity index (χ3n) is 6.19. The van der Waals surface area contributed by atoms with Gasteiger partial charge in [0.05, 0.1) is 5.69 Å². The molecule has 2 saturated heterocycles. The molecule has 3 heterocycles. The van der Waals surface area contributed by atoms with Crippen LogP contribution in [0.25, 0.3) is 10.6 Å². The van der Waals surface area contributed by atoms with Crippen LogP contribution in [0.2, 0.25) is 0 Å². The van der Waals surface area contributed by atoms with Gasteiger partial charge in [-0.25, -0.2) is 4.98 Å². The molecule has 0 radical (unpaired) electrons. The van der Waals surface area contributed by atoms with Crippen LogP contribution < -0.4 is 0 Å². The molecule has 0 N–H and O–H groups in total. The highest BCUT2D eigenvalue weighted by molar-refractivity contribution is 7.17. The fraction of sp³-hybridized carbons (Fsp3) is 0.522. The first-order valence-corrected chi connectivity index (χ1v) is 11.5. The first kappa shape index (κ1) is 20.2. The topological polar surface area (TPSA) is 53.5 Å². The molecule has 2 aromatic rings. The summed E-state index contributed by atoms with van der Waals surface area (Å²) in [7, 11) is 0. The van der Waals surface area contributed by atoms with Gasteiger partial charge in [-0.3, -0.25) is 9.59 Å². The number of aryl methyl sites for hydroxylation is 1. The smallest absolute Gasteiger partial charge is 0.265 e. The summed E-state index contributed by atoms with van der Waals surface area (Å²) in [5.41, 5.74) is 2.43. The predicted octanol–water partition coefficient (Wildman–Crippen LogP) is 4.41. The Labute approximate surface area is 176 Å². The maximum absolute atomic E-state index is 13.1. The number of hydrogen-bond donors (Lipinski definition) is 0. The maximum atomic E-state index is 13.1. The average Bonchev–Trinajstić information content (AvgIpc) is 3.15. The summed E-state index contributed by atoms with van der Waals surface area (Å²) >= 11 is 1.46. The number of rotatable bonds is 4. The summed E-state index contributed by atoms with van der Waals surface area (Å²) in [5.74, 6) is 0.166. The molecule has 0 saturated carbocycles. The standard InChI is InChI=1S/C23H29N3O2S/c1-16-21(29-22(24-16)19-8-6-18(7-9-19)17(2)27)23(28)26-14-10-20(11-15-26)25-12-4-3-5-13-25/h6-9,20H,3-5,10-15H2,1-2H3. The average molecular weight is 412 g/mol.